The molecule has 0 spiro atoms. The van der Waals surface area contributed by atoms with Crippen LogP contribution in [-0.2, 0) is 14.3 Å². The summed E-state index contributed by atoms with van der Waals surface area (Å²) in [5.41, 5.74) is 2.05. The average Bonchev–Trinajstić information content (AvgIpc) is 2.62. The second-order valence-electron chi connectivity index (χ2n) is 5.89. The first-order chi connectivity index (χ1) is 12.4. The van der Waals surface area contributed by atoms with Gasteiger partial charge in [-0.1, -0.05) is 53.6 Å². The van der Waals surface area contributed by atoms with Gasteiger partial charge in [-0.15, -0.1) is 0 Å². The molecule has 0 aliphatic rings. The lowest BCUT2D eigenvalue weighted by atomic mass is 10.1. The number of amides is 1. The quantitative estimate of drug-likeness (QED) is 0.583. The van der Waals surface area contributed by atoms with Crippen LogP contribution in [0.2, 0.25) is 5.02 Å². The van der Waals surface area contributed by atoms with Crippen LogP contribution in [0.25, 0.3) is 0 Å². The first kappa shape index (κ1) is 19.7. The standard InChI is InChI=1S/C20H20ClNO4/c1-13-7-9-15(10-8-13)18(23)11-12-19(24)26-14(2)20(25)22-17-6-4-3-5-16(17)21/h3-10,14H,11-12H2,1-2H3,(H,22,25)/t14-/m1/s1. The maximum absolute atomic E-state index is 12.1. The van der Waals surface area contributed by atoms with Crippen molar-refractivity contribution in [3.05, 3.63) is 64.7 Å². The molecule has 2 aromatic rings. The SMILES string of the molecule is Cc1ccc(C(=O)CCC(=O)O[C@H](C)C(=O)Nc2ccccc2Cl)cc1. The number of esters is 1. The number of carbonyl (C=O) groups excluding carboxylic acids is 3. The summed E-state index contributed by atoms with van der Waals surface area (Å²) in [6.07, 6.45) is -1.05. The van der Waals surface area contributed by atoms with Gasteiger partial charge in [0, 0.05) is 12.0 Å². The lowest BCUT2D eigenvalue weighted by molar-refractivity contribution is -0.153. The fourth-order valence-electron chi connectivity index (χ4n) is 2.21. The Labute approximate surface area is 157 Å². The molecule has 2 aromatic carbocycles. The Hall–Kier alpha value is -2.66. The summed E-state index contributed by atoms with van der Waals surface area (Å²) >= 11 is 5.97. The molecule has 0 aliphatic heterocycles. The Bertz CT molecular complexity index is 802. The molecule has 0 saturated carbocycles. The van der Waals surface area contributed by atoms with E-state index in [1.165, 1.54) is 6.92 Å². The van der Waals surface area contributed by atoms with E-state index in [4.69, 9.17) is 16.3 Å². The second kappa shape index (κ2) is 9.15. The van der Waals surface area contributed by atoms with E-state index in [0.29, 0.717) is 16.3 Å². The highest BCUT2D eigenvalue weighted by Crippen LogP contribution is 2.20. The van der Waals surface area contributed by atoms with Crippen LogP contribution in [0.1, 0.15) is 35.7 Å². The fourth-order valence-corrected chi connectivity index (χ4v) is 2.39. The first-order valence-corrected chi connectivity index (χ1v) is 8.59. The smallest absolute Gasteiger partial charge is 0.307 e. The molecule has 5 nitrogen and oxygen atoms in total. The average molecular weight is 374 g/mol. The number of benzene rings is 2. The Morgan fingerprint density at radius 3 is 2.35 bits per heavy atom. The summed E-state index contributed by atoms with van der Waals surface area (Å²) in [7, 11) is 0. The largest absolute Gasteiger partial charge is 0.453 e. The van der Waals surface area contributed by atoms with Gasteiger partial charge in [0.25, 0.3) is 5.91 Å². The van der Waals surface area contributed by atoms with E-state index in [2.05, 4.69) is 5.32 Å². The van der Waals surface area contributed by atoms with Crippen molar-refractivity contribution in [3.63, 3.8) is 0 Å². The van der Waals surface area contributed by atoms with Gasteiger partial charge in [0.15, 0.2) is 11.9 Å². The molecule has 0 radical (unpaired) electrons. The van der Waals surface area contributed by atoms with Crippen LogP contribution in [0.3, 0.4) is 0 Å². The van der Waals surface area contributed by atoms with E-state index >= 15 is 0 Å². The second-order valence-corrected chi connectivity index (χ2v) is 6.30. The number of ether oxygens (including phenoxy) is 1. The first-order valence-electron chi connectivity index (χ1n) is 8.21. The molecular weight excluding hydrogens is 354 g/mol. The predicted molar refractivity (Wildman–Crippen MR) is 100 cm³/mol. The van der Waals surface area contributed by atoms with E-state index in [0.717, 1.165) is 5.56 Å². The molecule has 0 unspecified atom stereocenters. The molecule has 2 rings (SSSR count). The Kier molecular flexibility index (Phi) is 6.92. The maximum Gasteiger partial charge on any atom is 0.307 e. The number of carbonyl (C=O) groups is 3. The highest BCUT2D eigenvalue weighted by molar-refractivity contribution is 6.33. The molecule has 0 fully saturated rings. The van der Waals surface area contributed by atoms with Gasteiger partial charge < -0.3 is 10.1 Å². The number of ketones is 1. The summed E-state index contributed by atoms with van der Waals surface area (Å²) in [5, 5.41) is 2.99. The normalized spacial score (nSPS) is 11.5. The van der Waals surface area contributed by atoms with Gasteiger partial charge in [0.1, 0.15) is 0 Å². The van der Waals surface area contributed by atoms with Crippen molar-refractivity contribution >= 4 is 34.9 Å². The van der Waals surface area contributed by atoms with Crippen LogP contribution in [0.4, 0.5) is 5.69 Å². The van der Waals surface area contributed by atoms with E-state index in [9.17, 15) is 14.4 Å². The molecule has 1 atom stereocenters. The summed E-state index contributed by atoms with van der Waals surface area (Å²) in [6, 6.07) is 13.9. The number of nitrogens with one attached hydrogen (secondary N) is 1. The summed E-state index contributed by atoms with van der Waals surface area (Å²) in [6.45, 7) is 3.40. The van der Waals surface area contributed by atoms with Crippen molar-refractivity contribution < 1.29 is 19.1 Å². The highest BCUT2D eigenvalue weighted by atomic mass is 35.5. The lowest BCUT2D eigenvalue weighted by Gasteiger charge is -2.14. The molecule has 1 N–H and O–H groups in total. The molecule has 1 amide bonds. The minimum Gasteiger partial charge on any atom is -0.453 e. The molecule has 26 heavy (non-hydrogen) atoms. The van der Waals surface area contributed by atoms with Gasteiger partial charge in [-0.2, -0.15) is 0 Å². The molecule has 0 aromatic heterocycles. The van der Waals surface area contributed by atoms with Crippen LogP contribution < -0.4 is 5.32 Å². The van der Waals surface area contributed by atoms with Crippen molar-refractivity contribution in [2.24, 2.45) is 0 Å². The minimum absolute atomic E-state index is 0.0285. The zero-order valence-corrected chi connectivity index (χ0v) is 15.4. The number of rotatable bonds is 7. The van der Waals surface area contributed by atoms with Crippen LogP contribution in [-0.4, -0.2) is 23.8 Å². The van der Waals surface area contributed by atoms with Crippen molar-refractivity contribution in [1.82, 2.24) is 0 Å². The Morgan fingerprint density at radius 1 is 1.04 bits per heavy atom. The van der Waals surface area contributed by atoms with Crippen LogP contribution in [0.5, 0.6) is 0 Å². The van der Waals surface area contributed by atoms with Gasteiger partial charge in [0.2, 0.25) is 0 Å². The van der Waals surface area contributed by atoms with Crippen LogP contribution >= 0.6 is 11.6 Å². The molecule has 0 bridgehead atoms. The molecule has 0 saturated heterocycles. The Balaban J connectivity index is 1.81. The number of aryl methyl sites for hydroxylation is 1. The minimum atomic E-state index is -0.992. The molecule has 0 aliphatic carbocycles. The van der Waals surface area contributed by atoms with E-state index < -0.39 is 18.0 Å². The number of anilines is 1. The van der Waals surface area contributed by atoms with E-state index in [-0.39, 0.29) is 18.6 Å². The predicted octanol–water partition coefficient (Wildman–Crippen LogP) is 4.18. The summed E-state index contributed by atoms with van der Waals surface area (Å²) in [4.78, 5) is 36.0. The highest BCUT2D eigenvalue weighted by Gasteiger charge is 2.19. The number of hydrogen-bond donors (Lipinski definition) is 1. The van der Waals surface area contributed by atoms with Crippen molar-refractivity contribution in [3.8, 4) is 0 Å². The summed E-state index contributed by atoms with van der Waals surface area (Å²) < 4.78 is 5.08. The topological polar surface area (TPSA) is 72.5 Å². The third kappa shape index (κ3) is 5.70. The van der Waals surface area contributed by atoms with Gasteiger partial charge in [-0.3, -0.25) is 14.4 Å². The zero-order chi connectivity index (χ0) is 19.1. The Morgan fingerprint density at radius 2 is 1.69 bits per heavy atom. The number of Topliss-reactive ketones (excluding diaryl/α,β-unsaturated/α-hetero) is 1. The van der Waals surface area contributed by atoms with Gasteiger partial charge in [-0.05, 0) is 26.0 Å². The van der Waals surface area contributed by atoms with Crippen LogP contribution in [0, 0.1) is 6.92 Å². The van der Waals surface area contributed by atoms with Crippen molar-refractivity contribution in [1.29, 1.82) is 0 Å². The maximum atomic E-state index is 12.1. The summed E-state index contributed by atoms with van der Waals surface area (Å²) in [5.74, 6) is -1.24. The lowest BCUT2D eigenvalue weighted by Crippen LogP contribution is -2.30. The molecule has 136 valence electrons. The monoisotopic (exact) mass is 373 g/mol. The van der Waals surface area contributed by atoms with Crippen LogP contribution in [0.15, 0.2) is 48.5 Å². The van der Waals surface area contributed by atoms with E-state index in [1.807, 2.05) is 19.1 Å². The fraction of sp³-hybridized carbons (Fsp3) is 0.250. The third-order valence-electron chi connectivity index (χ3n) is 3.74. The third-order valence-corrected chi connectivity index (χ3v) is 4.07. The molecule has 0 heterocycles. The zero-order valence-electron chi connectivity index (χ0n) is 14.6. The van der Waals surface area contributed by atoms with E-state index in [1.54, 1.807) is 36.4 Å². The van der Waals surface area contributed by atoms with Crippen molar-refractivity contribution in [2.75, 3.05) is 5.32 Å². The van der Waals surface area contributed by atoms with Gasteiger partial charge >= 0.3 is 5.97 Å². The number of hydrogen-bond acceptors (Lipinski definition) is 4. The molecular formula is C20H20ClNO4. The molecule has 6 heteroatoms. The number of halogens is 1. The van der Waals surface area contributed by atoms with Gasteiger partial charge in [0.05, 0.1) is 17.1 Å². The number of para-hydroxylation sites is 1. The van der Waals surface area contributed by atoms with Crippen molar-refractivity contribution in [2.45, 2.75) is 32.8 Å². The van der Waals surface area contributed by atoms with Gasteiger partial charge in [-0.25, -0.2) is 0 Å².